The van der Waals surface area contributed by atoms with Crippen LogP contribution in [0.1, 0.15) is 80.6 Å². The summed E-state index contributed by atoms with van der Waals surface area (Å²) in [6, 6.07) is 0. The normalized spacial score (nSPS) is 26.7. The van der Waals surface area contributed by atoms with E-state index in [2.05, 4.69) is 32.9 Å². The molecule has 30 heavy (non-hydrogen) atoms. The Labute approximate surface area is 181 Å². The van der Waals surface area contributed by atoms with Gasteiger partial charge in [0.2, 0.25) is 5.79 Å². The third-order valence-electron chi connectivity index (χ3n) is 5.65. The minimum atomic E-state index is -1.59. The van der Waals surface area contributed by atoms with Crippen molar-refractivity contribution in [2.45, 2.75) is 86.4 Å². The second kappa shape index (κ2) is 9.30. The first-order valence-electron chi connectivity index (χ1n) is 10.7. The highest BCUT2D eigenvalue weighted by Crippen LogP contribution is 2.47. The van der Waals surface area contributed by atoms with Crippen molar-refractivity contribution in [2.24, 2.45) is 5.41 Å². The Morgan fingerprint density at radius 2 is 1.70 bits per heavy atom. The van der Waals surface area contributed by atoms with Crippen LogP contribution in [0.2, 0.25) is 0 Å². The summed E-state index contributed by atoms with van der Waals surface area (Å²) >= 11 is 0. The summed E-state index contributed by atoms with van der Waals surface area (Å²) in [6.45, 7) is 13.5. The second-order valence-electron chi connectivity index (χ2n) is 9.51. The third kappa shape index (κ3) is 5.69. The molecule has 2 unspecified atom stereocenters. The summed E-state index contributed by atoms with van der Waals surface area (Å²) in [4.78, 5) is 26.3. The highest BCUT2D eigenvalue weighted by Gasteiger charge is 2.49. The molecule has 0 aromatic rings. The Balaban J connectivity index is 2.42. The Hall–Kier alpha value is -2.20. The van der Waals surface area contributed by atoms with Gasteiger partial charge in [0.15, 0.2) is 11.6 Å². The van der Waals surface area contributed by atoms with Crippen LogP contribution in [0.5, 0.6) is 0 Å². The fourth-order valence-electron chi connectivity index (χ4n) is 3.80. The first-order chi connectivity index (χ1) is 13.9. The maximum absolute atomic E-state index is 13.5. The molecule has 0 radical (unpaired) electrons. The molecular weight excluding hydrogens is 376 g/mol. The lowest BCUT2D eigenvalue weighted by Crippen LogP contribution is -2.45. The van der Waals surface area contributed by atoms with Crippen molar-refractivity contribution < 1.29 is 19.4 Å². The van der Waals surface area contributed by atoms with E-state index in [1.807, 2.05) is 26.8 Å². The van der Waals surface area contributed by atoms with E-state index in [9.17, 15) is 14.7 Å². The molecular formula is C26H36O4. The average Bonchev–Trinajstić information content (AvgIpc) is 2.62. The molecule has 4 nitrogen and oxygen atoms in total. The van der Waals surface area contributed by atoms with Crippen molar-refractivity contribution in [3.8, 4) is 0 Å². The highest BCUT2D eigenvalue weighted by atomic mass is 16.6. The van der Waals surface area contributed by atoms with Crippen molar-refractivity contribution in [1.29, 1.82) is 0 Å². The molecule has 0 spiro atoms. The smallest absolute Gasteiger partial charge is 0.212 e. The Kier molecular flexibility index (Phi) is 7.46. The Morgan fingerprint density at radius 3 is 2.30 bits per heavy atom. The molecule has 1 heterocycles. The summed E-state index contributed by atoms with van der Waals surface area (Å²) in [5, 5.41) is 10.4. The molecule has 1 aliphatic carbocycles. The Morgan fingerprint density at radius 1 is 1.07 bits per heavy atom. The molecule has 2 atom stereocenters. The van der Waals surface area contributed by atoms with Gasteiger partial charge in [0.1, 0.15) is 5.76 Å². The molecule has 0 fully saturated rings. The number of Topliss-reactive ketones (excluding diaryl/α,β-unsaturated/α-hetero) is 2. The molecule has 1 aliphatic heterocycles. The van der Waals surface area contributed by atoms with Crippen LogP contribution in [-0.4, -0.2) is 22.5 Å². The molecule has 0 saturated carbocycles. The summed E-state index contributed by atoms with van der Waals surface area (Å²) in [6.07, 6.45) is 10.6. The first kappa shape index (κ1) is 24.1. The van der Waals surface area contributed by atoms with E-state index in [0.29, 0.717) is 29.7 Å². The zero-order valence-corrected chi connectivity index (χ0v) is 19.5. The largest absolute Gasteiger partial charge is 0.465 e. The molecule has 2 rings (SSSR count). The lowest BCUT2D eigenvalue weighted by Gasteiger charge is -2.41. The second-order valence-corrected chi connectivity index (χ2v) is 9.51. The van der Waals surface area contributed by atoms with E-state index >= 15 is 0 Å². The number of allylic oxidation sites excluding steroid dienone is 10. The minimum absolute atomic E-state index is 0.0439. The van der Waals surface area contributed by atoms with Gasteiger partial charge in [-0.2, -0.15) is 0 Å². The predicted molar refractivity (Wildman–Crippen MR) is 121 cm³/mol. The molecule has 0 saturated heterocycles. The molecule has 0 aromatic carbocycles. The zero-order valence-electron chi connectivity index (χ0n) is 19.5. The SMILES string of the molecule is CC(C)=CCCC(C)=CCC1(C)C(=O)C(CC=C(C)C)=CC2=C1OC(C)(O)CC2=O. The van der Waals surface area contributed by atoms with Crippen molar-refractivity contribution in [3.63, 3.8) is 0 Å². The number of ether oxygens (including phenoxy) is 1. The van der Waals surface area contributed by atoms with Crippen LogP contribution in [0.3, 0.4) is 0 Å². The van der Waals surface area contributed by atoms with Crippen molar-refractivity contribution in [1.82, 2.24) is 0 Å². The molecule has 0 amide bonds. The minimum Gasteiger partial charge on any atom is -0.465 e. The first-order valence-corrected chi connectivity index (χ1v) is 10.7. The van der Waals surface area contributed by atoms with Gasteiger partial charge in [-0.15, -0.1) is 0 Å². The van der Waals surface area contributed by atoms with E-state index in [-0.39, 0.29) is 18.0 Å². The standard InChI is InChI=1S/C26H36O4/c1-17(2)9-8-10-19(5)13-14-25(6)23(28)20(12-11-18(3)4)15-21-22(27)16-26(7,29)30-24(21)25/h9,11,13,15,29H,8,10,12,14,16H2,1-7H3. The fourth-order valence-corrected chi connectivity index (χ4v) is 3.80. The number of hydrogen-bond acceptors (Lipinski definition) is 4. The van der Waals surface area contributed by atoms with Gasteiger partial charge in [0.05, 0.1) is 17.4 Å². The summed E-state index contributed by atoms with van der Waals surface area (Å²) in [5.41, 5.74) is 3.64. The van der Waals surface area contributed by atoms with E-state index in [1.165, 1.54) is 18.1 Å². The lowest BCUT2D eigenvalue weighted by atomic mass is 9.69. The topological polar surface area (TPSA) is 63.6 Å². The van der Waals surface area contributed by atoms with Gasteiger partial charge in [-0.3, -0.25) is 9.59 Å². The van der Waals surface area contributed by atoms with Crippen LogP contribution in [0, 0.1) is 5.41 Å². The van der Waals surface area contributed by atoms with Gasteiger partial charge in [-0.05, 0) is 73.3 Å². The summed E-state index contributed by atoms with van der Waals surface area (Å²) < 4.78 is 5.85. The maximum atomic E-state index is 13.5. The average molecular weight is 413 g/mol. The van der Waals surface area contributed by atoms with Gasteiger partial charge >= 0.3 is 0 Å². The highest BCUT2D eigenvalue weighted by molar-refractivity contribution is 6.10. The molecule has 4 heteroatoms. The van der Waals surface area contributed by atoms with Gasteiger partial charge in [0.25, 0.3) is 0 Å². The van der Waals surface area contributed by atoms with Gasteiger partial charge < -0.3 is 9.84 Å². The van der Waals surface area contributed by atoms with Crippen LogP contribution in [0.4, 0.5) is 0 Å². The predicted octanol–water partition coefficient (Wildman–Crippen LogP) is 5.89. The third-order valence-corrected chi connectivity index (χ3v) is 5.65. The van der Waals surface area contributed by atoms with Crippen molar-refractivity contribution in [3.05, 3.63) is 57.9 Å². The molecule has 2 aliphatic rings. The van der Waals surface area contributed by atoms with E-state index in [1.54, 1.807) is 6.08 Å². The van der Waals surface area contributed by atoms with Crippen LogP contribution in [0.15, 0.2) is 57.9 Å². The summed E-state index contributed by atoms with van der Waals surface area (Å²) in [5.74, 6) is -1.51. The molecule has 0 aromatic heterocycles. The molecule has 0 bridgehead atoms. The Bertz CT molecular complexity index is 869. The van der Waals surface area contributed by atoms with Crippen molar-refractivity contribution >= 4 is 11.6 Å². The van der Waals surface area contributed by atoms with Gasteiger partial charge in [-0.1, -0.05) is 34.9 Å². The lowest BCUT2D eigenvalue weighted by molar-refractivity contribution is -0.188. The zero-order chi connectivity index (χ0) is 22.7. The van der Waals surface area contributed by atoms with E-state index < -0.39 is 11.2 Å². The quantitative estimate of drug-likeness (QED) is 0.529. The van der Waals surface area contributed by atoms with Crippen LogP contribution in [-0.2, 0) is 14.3 Å². The monoisotopic (exact) mass is 412 g/mol. The number of rotatable bonds is 7. The van der Waals surface area contributed by atoms with Crippen molar-refractivity contribution in [2.75, 3.05) is 0 Å². The fraction of sp³-hybridized carbons (Fsp3) is 0.538. The maximum Gasteiger partial charge on any atom is 0.212 e. The van der Waals surface area contributed by atoms with Gasteiger partial charge in [0, 0.05) is 12.5 Å². The van der Waals surface area contributed by atoms with E-state index in [4.69, 9.17) is 4.74 Å². The number of carbonyl (C=O) groups excluding carboxylic acids is 2. The summed E-state index contributed by atoms with van der Waals surface area (Å²) in [7, 11) is 0. The number of ketones is 2. The van der Waals surface area contributed by atoms with Gasteiger partial charge in [-0.25, -0.2) is 0 Å². The van der Waals surface area contributed by atoms with Crippen LogP contribution in [0.25, 0.3) is 0 Å². The van der Waals surface area contributed by atoms with Crippen LogP contribution >= 0.6 is 0 Å². The molecule has 1 N–H and O–H groups in total. The number of aliphatic hydroxyl groups is 1. The van der Waals surface area contributed by atoms with Crippen LogP contribution < -0.4 is 0 Å². The number of hydrogen-bond donors (Lipinski definition) is 1. The van der Waals surface area contributed by atoms with E-state index in [0.717, 1.165) is 18.4 Å². The number of carbonyl (C=O) groups is 2. The molecule has 164 valence electrons.